The summed E-state index contributed by atoms with van der Waals surface area (Å²) in [5.74, 6) is 1.21. The van der Waals surface area contributed by atoms with Gasteiger partial charge in [-0.25, -0.2) is 0 Å². The van der Waals surface area contributed by atoms with Crippen molar-refractivity contribution >= 4 is 15.9 Å². The number of allylic oxidation sites excluding steroid dienone is 1. The van der Waals surface area contributed by atoms with Gasteiger partial charge in [0.15, 0.2) is 0 Å². The van der Waals surface area contributed by atoms with Crippen LogP contribution in [0.25, 0.3) is 0 Å². The average Bonchev–Trinajstić information content (AvgIpc) is 2.01. The number of hydrogen-bond acceptors (Lipinski definition) is 0. The molecule has 0 amide bonds. The minimum absolute atomic E-state index is 1.12. The molecule has 0 aliphatic carbocycles. The first-order valence-corrected chi connectivity index (χ1v) is 4.66. The van der Waals surface area contributed by atoms with Gasteiger partial charge in [-0.05, 0) is 30.2 Å². The van der Waals surface area contributed by atoms with Crippen LogP contribution >= 0.6 is 15.9 Å². The van der Waals surface area contributed by atoms with E-state index >= 15 is 0 Å². The van der Waals surface area contributed by atoms with Crippen LogP contribution in [0.3, 0.4) is 0 Å². The molecule has 0 saturated carbocycles. The van der Waals surface area contributed by atoms with Gasteiger partial charge in [0.2, 0.25) is 0 Å². The van der Waals surface area contributed by atoms with Gasteiger partial charge in [-0.15, -0.1) is 6.58 Å². The van der Waals surface area contributed by atoms with Crippen LogP contribution < -0.4 is 0 Å². The molecule has 1 heteroatoms. The second-order valence-corrected chi connectivity index (χ2v) is 3.82. The number of halogens is 1. The molecule has 0 fully saturated rings. The fourth-order valence-electron chi connectivity index (χ4n) is 1.08. The predicted octanol–water partition coefficient (Wildman–Crippen LogP) is 3.89. The summed E-state index contributed by atoms with van der Waals surface area (Å²) >= 11 is 3.46. The molecule has 0 spiro atoms. The smallest absolute Gasteiger partial charge is 0.0230 e. The molecule has 1 radical (unpaired) electrons. The van der Waals surface area contributed by atoms with Gasteiger partial charge in [-0.1, -0.05) is 35.0 Å². The van der Waals surface area contributed by atoms with Crippen molar-refractivity contribution < 1.29 is 0 Å². The van der Waals surface area contributed by atoms with Gasteiger partial charge in [0.1, 0.15) is 0 Å². The van der Waals surface area contributed by atoms with Crippen molar-refractivity contribution in [2.24, 2.45) is 0 Å². The average molecular weight is 224 g/mol. The molecule has 0 aromatic heterocycles. The van der Waals surface area contributed by atoms with E-state index in [0.717, 1.165) is 4.47 Å². The van der Waals surface area contributed by atoms with E-state index < -0.39 is 0 Å². The zero-order valence-corrected chi connectivity index (χ0v) is 8.98. The normalized spacial score (nSPS) is 10.3. The molecule has 0 bridgehead atoms. The third kappa shape index (κ3) is 2.21. The zero-order chi connectivity index (χ0) is 9.14. The Morgan fingerprint density at radius 2 is 2.08 bits per heavy atom. The lowest BCUT2D eigenvalue weighted by Crippen LogP contribution is -1.90. The van der Waals surface area contributed by atoms with Crippen molar-refractivity contribution in [3.05, 3.63) is 52.4 Å². The van der Waals surface area contributed by atoms with E-state index in [9.17, 15) is 0 Å². The van der Waals surface area contributed by atoms with Gasteiger partial charge in [0.05, 0.1) is 0 Å². The highest BCUT2D eigenvalue weighted by molar-refractivity contribution is 9.10. The van der Waals surface area contributed by atoms with E-state index in [4.69, 9.17) is 0 Å². The van der Waals surface area contributed by atoms with Crippen LogP contribution in [0.2, 0.25) is 0 Å². The van der Waals surface area contributed by atoms with E-state index in [-0.39, 0.29) is 0 Å². The minimum atomic E-state index is 1.12. The molecule has 0 atom stereocenters. The number of hydrogen-bond donors (Lipinski definition) is 0. The Hall–Kier alpha value is -0.560. The van der Waals surface area contributed by atoms with Crippen LogP contribution in [0.4, 0.5) is 0 Å². The molecule has 1 rings (SSSR count). The summed E-state index contributed by atoms with van der Waals surface area (Å²) in [5, 5.41) is 0. The standard InChI is InChI=1S/C11H12Br/c1-4-9(3)10-5-8(2)6-11(12)7-10/h4-7H,1H2,2-3H3. The SMILES string of the molecule is C=C[C](C)c1cc(C)cc(Br)c1. The van der Waals surface area contributed by atoms with Crippen LogP contribution in [0.5, 0.6) is 0 Å². The summed E-state index contributed by atoms with van der Waals surface area (Å²) in [6.07, 6.45) is 1.88. The van der Waals surface area contributed by atoms with Gasteiger partial charge in [-0.3, -0.25) is 0 Å². The van der Waals surface area contributed by atoms with Gasteiger partial charge < -0.3 is 0 Å². The van der Waals surface area contributed by atoms with Crippen LogP contribution in [0, 0.1) is 12.8 Å². The Balaban J connectivity index is 3.08. The van der Waals surface area contributed by atoms with Crippen LogP contribution in [-0.2, 0) is 0 Å². The predicted molar refractivity (Wildman–Crippen MR) is 57.1 cm³/mol. The maximum Gasteiger partial charge on any atom is 0.0230 e. The van der Waals surface area contributed by atoms with E-state index in [1.165, 1.54) is 17.0 Å². The maximum absolute atomic E-state index is 3.74. The highest BCUT2D eigenvalue weighted by Crippen LogP contribution is 2.21. The molecule has 0 nitrogen and oxygen atoms in total. The molecule has 1 aromatic carbocycles. The van der Waals surface area contributed by atoms with E-state index in [1.807, 2.05) is 6.08 Å². The largest absolute Gasteiger partial charge is 0.102 e. The third-order valence-electron chi connectivity index (χ3n) is 1.80. The molecule has 0 aliphatic rings. The molecule has 12 heavy (non-hydrogen) atoms. The van der Waals surface area contributed by atoms with Crippen molar-refractivity contribution in [3.8, 4) is 0 Å². The van der Waals surface area contributed by atoms with Crippen molar-refractivity contribution in [2.45, 2.75) is 13.8 Å². The molecule has 0 N–H and O–H groups in total. The highest BCUT2D eigenvalue weighted by Gasteiger charge is 2.02. The molecule has 0 unspecified atom stereocenters. The third-order valence-corrected chi connectivity index (χ3v) is 2.26. The Kier molecular flexibility index (Phi) is 3.10. The lowest BCUT2D eigenvalue weighted by Gasteiger charge is -2.07. The van der Waals surface area contributed by atoms with Crippen LogP contribution in [0.1, 0.15) is 18.1 Å². The van der Waals surface area contributed by atoms with Gasteiger partial charge in [0.25, 0.3) is 0 Å². The highest BCUT2D eigenvalue weighted by atomic mass is 79.9. The van der Waals surface area contributed by atoms with E-state index in [2.05, 4.69) is 54.6 Å². The molecular formula is C11H12Br. The Bertz CT molecular complexity index is 269. The van der Waals surface area contributed by atoms with Crippen molar-refractivity contribution in [1.29, 1.82) is 0 Å². The fraction of sp³-hybridized carbons (Fsp3) is 0.182. The molecule has 0 saturated heterocycles. The summed E-state index contributed by atoms with van der Waals surface area (Å²) in [6, 6.07) is 6.35. The summed E-state index contributed by atoms with van der Waals surface area (Å²) in [4.78, 5) is 0. The first-order chi connectivity index (χ1) is 5.63. The molecule has 0 heterocycles. The number of rotatable bonds is 2. The molecule has 1 aromatic rings. The van der Waals surface area contributed by atoms with Crippen molar-refractivity contribution in [1.82, 2.24) is 0 Å². The first kappa shape index (κ1) is 9.53. The summed E-state index contributed by atoms with van der Waals surface area (Å²) in [5.41, 5.74) is 2.50. The van der Waals surface area contributed by atoms with E-state index in [0.29, 0.717) is 0 Å². The monoisotopic (exact) mass is 223 g/mol. The van der Waals surface area contributed by atoms with Crippen LogP contribution in [0.15, 0.2) is 35.3 Å². The van der Waals surface area contributed by atoms with Gasteiger partial charge in [-0.2, -0.15) is 0 Å². The van der Waals surface area contributed by atoms with Crippen molar-refractivity contribution in [3.63, 3.8) is 0 Å². The molecule has 63 valence electrons. The second kappa shape index (κ2) is 3.90. The van der Waals surface area contributed by atoms with E-state index in [1.54, 1.807) is 0 Å². The summed E-state index contributed by atoms with van der Waals surface area (Å²) in [6.45, 7) is 7.90. The molecular weight excluding hydrogens is 212 g/mol. The van der Waals surface area contributed by atoms with Gasteiger partial charge in [0, 0.05) is 10.4 Å². The quantitative estimate of drug-likeness (QED) is 0.714. The minimum Gasteiger partial charge on any atom is -0.102 e. The topological polar surface area (TPSA) is 0 Å². The number of aryl methyl sites for hydroxylation is 1. The Morgan fingerprint density at radius 3 is 2.58 bits per heavy atom. The lowest BCUT2D eigenvalue weighted by atomic mass is 10.00. The Morgan fingerprint density at radius 1 is 1.42 bits per heavy atom. The first-order valence-electron chi connectivity index (χ1n) is 3.87. The Labute approximate surface area is 82.4 Å². The van der Waals surface area contributed by atoms with Gasteiger partial charge >= 0.3 is 0 Å². The number of benzene rings is 1. The molecule has 0 aliphatic heterocycles. The second-order valence-electron chi connectivity index (χ2n) is 2.90. The van der Waals surface area contributed by atoms with Crippen LogP contribution in [-0.4, -0.2) is 0 Å². The summed E-state index contributed by atoms with van der Waals surface area (Å²) in [7, 11) is 0. The maximum atomic E-state index is 3.74. The summed E-state index contributed by atoms with van der Waals surface area (Å²) < 4.78 is 1.12. The zero-order valence-electron chi connectivity index (χ0n) is 7.39. The van der Waals surface area contributed by atoms with Crippen molar-refractivity contribution in [2.75, 3.05) is 0 Å². The lowest BCUT2D eigenvalue weighted by molar-refractivity contribution is 1.23. The fourth-order valence-corrected chi connectivity index (χ4v) is 1.69.